The second kappa shape index (κ2) is 5.16. The number of carbonyl (C=O) groups excluding carboxylic acids is 1. The summed E-state index contributed by atoms with van der Waals surface area (Å²) in [5, 5.41) is 0. The van der Waals surface area contributed by atoms with Crippen molar-refractivity contribution in [3.63, 3.8) is 0 Å². The number of nitrogens with zero attached hydrogens (tertiary/aromatic N) is 1. The van der Waals surface area contributed by atoms with Crippen LogP contribution in [0.25, 0.3) is 0 Å². The van der Waals surface area contributed by atoms with Crippen molar-refractivity contribution < 1.29 is 9.53 Å². The van der Waals surface area contributed by atoms with Gasteiger partial charge in [0.25, 0.3) is 0 Å². The van der Waals surface area contributed by atoms with Gasteiger partial charge >= 0.3 is 6.09 Å². The highest BCUT2D eigenvalue weighted by Gasteiger charge is 2.27. The molecule has 0 bridgehead atoms. The quantitative estimate of drug-likeness (QED) is 0.773. The minimum absolute atomic E-state index is 0.197. The molecule has 1 amide bonds. The Morgan fingerprint density at radius 3 is 2.68 bits per heavy atom. The molecule has 0 radical (unpaired) electrons. The Morgan fingerprint density at radius 1 is 1.42 bits per heavy atom. The zero-order valence-electron chi connectivity index (χ0n) is 12.4. The summed E-state index contributed by atoms with van der Waals surface area (Å²) in [5.41, 5.74) is 0.990. The molecule has 2 rings (SSSR count). The number of amides is 1. The van der Waals surface area contributed by atoms with Gasteiger partial charge in [-0.3, -0.25) is 0 Å². The van der Waals surface area contributed by atoms with Gasteiger partial charge in [0.1, 0.15) is 5.60 Å². The summed E-state index contributed by atoms with van der Waals surface area (Å²) >= 11 is 1.83. The Labute approximate surface area is 119 Å². The number of rotatable bonds is 1. The van der Waals surface area contributed by atoms with Crippen LogP contribution in [0.5, 0.6) is 0 Å². The van der Waals surface area contributed by atoms with Crippen molar-refractivity contribution in [1.82, 2.24) is 4.90 Å². The second-order valence-corrected chi connectivity index (χ2v) is 7.57. The van der Waals surface area contributed by atoms with Gasteiger partial charge in [-0.2, -0.15) is 0 Å². The zero-order valence-corrected chi connectivity index (χ0v) is 13.3. The average Bonchev–Trinajstić information content (AvgIpc) is 2.69. The molecular formula is C15H23NO2S. The van der Waals surface area contributed by atoms with Gasteiger partial charge < -0.3 is 9.64 Å². The molecule has 0 aromatic carbocycles. The van der Waals surface area contributed by atoms with Crippen LogP contribution in [0.4, 0.5) is 4.79 Å². The monoisotopic (exact) mass is 281 g/mol. The molecule has 0 spiro atoms. The molecule has 106 valence electrons. The lowest BCUT2D eigenvalue weighted by Gasteiger charge is -2.29. The van der Waals surface area contributed by atoms with Gasteiger partial charge in [0, 0.05) is 16.3 Å². The van der Waals surface area contributed by atoms with Crippen molar-refractivity contribution in [2.24, 2.45) is 0 Å². The molecule has 1 aromatic heterocycles. The van der Waals surface area contributed by atoms with Gasteiger partial charge in [0.15, 0.2) is 0 Å². The first-order valence-corrected chi connectivity index (χ1v) is 7.67. The topological polar surface area (TPSA) is 29.5 Å². The number of hydrogen-bond donors (Lipinski definition) is 0. The molecule has 3 nitrogen and oxygen atoms in total. The summed E-state index contributed by atoms with van der Waals surface area (Å²) in [6.45, 7) is 11.6. The van der Waals surface area contributed by atoms with Crippen molar-refractivity contribution in [3.8, 4) is 0 Å². The smallest absolute Gasteiger partial charge is 0.410 e. The molecule has 19 heavy (non-hydrogen) atoms. The molecule has 1 aliphatic rings. The van der Waals surface area contributed by atoms with Crippen LogP contribution in [0.1, 0.15) is 55.9 Å². The van der Waals surface area contributed by atoms with Gasteiger partial charge in [-0.25, -0.2) is 4.79 Å². The summed E-state index contributed by atoms with van der Waals surface area (Å²) in [6, 6.07) is 2.30. The normalized spacial score (nSPS) is 15.6. The summed E-state index contributed by atoms with van der Waals surface area (Å²) in [4.78, 5) is 16.6. The van der Waals surface area contributed by atoms with Crippen molar-refractivity contribution in [1.29, 1.82) is 0 Å². The molecule has 0 N–H and O–H groups in total. The van der Waals surface area contributed by atoms with Crippen LogP contribution in [0, 0.1) is 0 Å². The fourth-order valence-electron chi connectivity index (χ4n) is 2.11. The van der Waals surface area contributed by atoms with Crippen LogP contribution in [0.3, 0.4) is 0 Å². The highest BCUT2D eigenvalue weighted by Crippen LogP contribution is 2.32. The summed E-state index contributed by atoms with van der Waals surface area (Å²) in [6.07, 6.45) is 0.746. The first-order chi connectivity index (χ1) is 8.76. The maximum absolute atomic E-state index is 12.1. The molecule has 0 atom stereocenters. The SMILES string of the molecule is CC(C)c1cc2c(s1)CN(C(=O)OC(C)(C)C)CC2. The van der Waals surface area contributed by atoms with E-state index < -0.39 is 5.60 Å². The van der Waals surface area contributed by atoms with Crippen LogP contribution in [0.2, 0.25) is 0 Å². The number of carbonyl (C=O) groups is 1. The number of hydrogen-bond acceptors (Lipinski definition) is 3. The van der Waals surface area contributed by atoms with Crippen molar-refractivity contribution >= 4 is 17.4 Å². The molecule has 1 aliphatic heterocycles. The fourth-order valence-corrected chi connectivity index (χ4v) is 3.34. The summed E-state index contributed by atoms with van der Waals surface area (Å²) in [7, 11) is 0. The Balaban J connectivity index is 2.07. The highest BCUT2D eigenvalue weighted by atomic mass is 32.1. The number of ether oxygens (including phenoxy) is 1. The highest BCUT2D eigenvalue weighted by molar-refractivity contribution is 7.12. The Morgan fingerprint density at radius 2 is 2.11 bits per heavy atom. The van der Waals surface area contributed by atoms with Gasteiger partial charge in [0.05, 0.1) is 6.54 Å². The fraction of sp³-hybridized carbons (Fsp3) is 0.667. The molecule has 0 fully saturated rings. The van der Waals surface area contributed by atoms with Gasteiger partial charge in [0.2, 0.25) is 0 Å². The predicted molar refractivity (Wildman–Crippen MR) is 78.8 cm³/mol. The molecule has 1 aromatic rings. The van der Waals surface area contributed by atoms with Crippen LogP contribution >= 0.6 is 11.3 Å². The molecule has 4 heteroatoms. The van der Waals surface area contributed by atoms with E-state index in [0.29, 0.717) is 12.5 Å². The molecule has 0 saturated carbocycles. The van der Waals surface area contributed by atoms with E-state index in [-0.39, 0.29) is 6.09 Å². The summed E-state index contributed by atoms with van der Waals surface area (Å²) in [5.74, 6) is 0.561. The minimum atomic E-state index is -0.421. The van der Waals surface area contributed by atoms with E-state index >= 15 is 0 Å². The summed E-state index contributed by atoms with van der Waals surface area (Å²) < 4.78 is 5.44. The third-order valence-corrected chi connectivity index (χ3v) is 4.58. The lowest BCUT2D eigenvalue weighted by atomic mass is 10.1. The average molecular weight is 281 g/mol. The third-order valence-electron chi connectivity index (χ3n) is 3.12. The van der Waals surface area contributed by atoms with E-state index in [1.165, 1.54) is 15.3 Å². The van der Waals surface area contributed by atoms with Crippen molar-refractivity contribution in [2.75, 3.05) is 6.54 Å². The van der Waals surface area contributed by atoms with Crippen LogP contribution in [-0.4, -0.2) is 23.1 Å². The number of fused-ring (bicyclic) bond motifs is 1. The Hall–Kier alpha value is -1.03. The van der Waals surface area contributed by atoms with E-state index in [0.717, 1.165) is 13.0 Å². The maximum Gasteiger partial charge on any atom is 0.410 e. The largest absolute Gasteiger partial charge is 0.444 e. The standard InChI is InChI=1S/C15H23NO2S/c1-10(2)12-8-11-6-7-16(9-13(11)19-12)14(17)18-15(3,4)5/h8,10H,6-7,9H2,1-5H3. The van der Waals surface area contributed by atoms with E-state index in [1.807, 2.05) is 37.0 Å². The first-order valence-electron chi connectivity index (χ1n) is 6.85. The molecule has 0 saturated heterocycles. The Bertz CT molecular complexity index is 471. The lowest BCUT2D eigenvalue weighted by molar-refractivity contribution is 0.0226. The zero-order chi connectivity index (χ0) is 14.2. The van der Waals surface area contributed by atoms with Gasteiger partial charge in [-0.15, -0.1) is 11.3 Å². The molecular weight excluding hydrogens is 258 g/mol. The van der Waals surface area contributed by atoms with E-state index in [1.54, 1.807) is 0 Å². The van der Waals surface area contributed by atoms with E-state index in [9.17, 15) is 4.79 Å². The lowest BCUT2D eigenvalue weighted by Crippen LogP contribution is -2.39. The van der Waals surface area contributed by atoms with Crippen molar-refractivity contribution in [3.05, 3.63) is 21.4 Å². The van der Waals surface area contributed by atoms with Crippen LogP contribution in [0.15, 0.2) is 6.07 Å². The maximum atomic E-state index is 12.1. The second-order valence-electron chi connectivity index (χ2n) is 6.40. The van der Waals surface area contributed by atoms with Crippen molar-refractivity contribution in [2.45, 2.75) is 59.1 Å². The van der Waals surface area contributed by atoms with Gasteiger partial charge in [-0.1, -0.05) is 13.8 Å². The molecule has 0 unspecified atom stereocenters. The molecule has 2 heterocycles. The van der Waals surface area contributed by atoms with Gasteiger partial charge in [-0.05, 0) is 44.7 Å². The number of thiophene rings is 1. The van der Waals surface area contributed by atoms with E-state index in [2.05, 4.69) is 19.9 Å². The Kier molecular flexibility index (Phi) is 3.90. The third kappa shape index (κ3) is 3.50. The minimum Gasteiger partial charge on any atom is -0.444 e. The first kappa shape index (κ1) is 14.4. The predicted octanol–water partition coefficient (Wildman–Crippen LogP) is 4.16. The van der Waals surface area contributed by atoms with E-state index in [4.69, 9.17) is 4.74 Å². The van der Waals surface area contributed by atoms with Crippen LogP contribution in [-0.2, 0) is 17.7 Å². The van der Waals surface area contributed by atoms with Crippen LogP contribution < -0.4 is 0 Å². The molecule has 0 aliphatic carbocycles.